The molecule has 18 heavy (non-hydrogen) atoms. The molecule has 0 amide bonds. The van der Waals surface area contributed by atoms with Crippen LogP contribution in [0.15, 0.2) is 34.9 Å². The van der Waals surface area contributed by atoms with Crippen LogP contribution in [0.5, 0.6) is 0 Å². The molecule has 0 fully saturated rings. The van der Waals surface area contributed by atoms with Crippen LogP contribution in [0.3, 0.4) is 0 Å². The molecule has 0 saturated heterocycles. The van der Waals surface area contributed by atoms with Crippen molar-refractivity contribution in [3.05, 3.63) is 46.4 Å². The number of benzene rings is 1. The third kappa shape index (κ3) is 2.99. The summed E-state index contributed by atoms with van der Waals surface area (Å²) in [5.41, 5.74) is 6.60. The molecule has 0 unspecified atom stereocenters. The molecule has 0 bridgehead atoms. The maximum Gasteiger partial charge on any atom is 0.227 e. The van der Waals surface area contributed by atoms with Crippen molar-refractivity contribution < 1.29 is 4.39 Å². The number of nitrogens with two attached hydrogens (primary N) is 1. The van der Waals surface area contributed by atoms with Crippen molar-refractivity contribution in [3.8, 4) is 0 Å². The molecular weight excluding hydrogens is 319 g/mol. The molecule has 1 heterocycles. The summed E-state index contributed by atoms with van der Waals surface area (Å²) >= 11 is 8.07. The van der Waals surface area contributed by atoms with Crippen molar-refractivity contribution in [1.29, 1.82) is 0 Å². The predicted octanol–water partition coefficient (Wildman–Crippen LogP) is 2.76. The quantitative estimate of drug-likeness (QED) is 0.849. The van der Waals surface area contributed by atoms with E-state index in [0.29, 0.717) is 21.8 Å². The molecule has 2 aromatic rings. The number of hydrogen-bond acceptors (Lipinski definition) is 4. The number of nitrogens with zero attached hydrogens (tertiary/aromatic N) is 2. The van der Waals surface area contributed by atoms with E-state index < -0.39 is 0 Å². The molecule has 0 radical (unpaired) electrons. The fourth-order valence-electron chi connectivity index (χ4n) is 1.27. The van der Waals surface area contributed by atoms with E-state index in [4.69, 9.17) is 18.0 Å². The van der Waals surface area contributed by atoms with Gasteiger partial charge in [-0.2, -0.15) is 0 Å². The Hall–Kier alpha value is -1.60. The zero-order chi connectivity index (χ0) is 13.1. The van der Waals surface area contributed by atoms with Crippen LogP contribution in [0.25, 0.3) is 0 Å². The number of halogens is 2. The highest BCUT2D eigenvalue weighted by Crippen LogP contribution is 2.25. The fraction of sp³-hybridized carbons (Fsp3) is 0. The van der Waals surface area contributed by atoms with Gasteiger partial charge in [0.2, 0.25) is 5.95 Å². The highest BCUT2D eigenvalue weighted by molar-refractivity contribution is 9.10. The standard InChI is InChI=1S/C11H8BrFN4S/c12-7-5-6(13)1-2-8(7)16-11-15-4-3-9(17-11)10(14)18/h1-5H,(H2,14,18)(H,15,16,17). The van der Waals surface area contributed by atoms with Gasteiger partial charge in [-0.15, -0.1) is 0 Å². The first kappa shape index (κ1) is 12.8. The van der Waals surface area contributed by atoms with Gasteiger partial charge in [0.25, 0.3) is 0 Å². The van der Waals surface area contributed by atoms with Crippen LogP contribution in [0.4, 0.5) is 16.0 Å². The van der Waals surface area contributed by atoms with Crippen LogP contribution in [0.2, 0.25) is 0 Å². The molecule has 0 spiro atoms. The summed E-state index contributed by atoms with van der Waals surface area (Å²) < 4.78 is 13.5. The largest absolute Gasteiger partial charge is 0.388 e. The Morgan fingerprint density at radius 1 is 1.39 bits per heavy atom. The molecule has 2 rings (SSSR count). The molecule has 0 saturated carbocycles. The lowest BCUT2D eigenvalue weighted by molar-refractivity contribution is 0.627. The Labute approximate surface area is 117 Å². The summed E-state index contributed by atoms with van der Waals surface area (Å²) in [5.74, 6) is 0.0119. The Balaban J connectivity index is 2.28. The average Bonchev–Trinajstić information content (AvgIpc) is 2.33. The van der Waals surface area contributed by atoms with E-state index in [2.05, 4.69) is 31.2 Å². The summed E-state index contributed by atoms with van der Waals surface area (Å²) in [4.78, 5) is 8.35. The summed E-state index contributed by atoms with van der Waals surface area (Å²) in [5, 5.41) is 2.94. The van der Waals surface area contributed by atoms with Crippen LogP contribution in [-0.2, 0) is 0 Å². The van der Waals surface area contributed by atoms with Gasteiger partial charge in [-0.25, -0.2) is 14.4 Å². The van der Waals surface area contributed by atoms with Crippen molar-refractivity contribution in [1.82, 2.24) is 9.97 Å². The fourth-order valence-corrected chi connectivity index (χ4v) is 1.83. The molecule has 7 heteroatoms. The minimum absolute atomic E-state index is 0.193. The van der Waals surface area contributed by atoms with E-state index in [1.807, 2.05) is 0 Å². The van der Waals surface area contributed by atoms with Gasteiger partial charge in [-0.05, 0) is 40.2 Å². The van der Waals surface area contributed by atoms with Gasteiger partial charge in [0.1, 0.15) is 16.5 Å². The summed E-state index contributed by atoms with van der Waals surface area (Å²) in [6, 6.07) is 5.88. The van der Waals surface area contributed by atoms with Crippen LogP contribution in [-0.4, -0.2) is 15.0 Å². The van der Waals surface area contributed by atoms with Gasteiger partial charge >= 0.3 is 0 Å². The second kappa shape index (κ2) is 5.36. The van der Waals surface area contributed by atoms with Crippen molar-refractivity contribution in [2.45, 2.75) is 0 Å². The molecule has 4 nitrogen and oxygen atoms in total. The average molecular weight is 327 g/mol. The first-order valence-corrected chi connectivity index (χ1v) is 6.11. The van der Waals surface area contributed by atoms with Crippen molar-refractivity contribution in [2.75, 3.05) is 5.32 Å². The smallest absolute Gasteiger partial charge is 0.227 e. The topological polar surface area (TPSA) is 63.8 Å². The Bertz CT molecular complexity index is 605. The second-order valence-electron chi connectivity index (χ2n) is 3.38. The molecule has 1 aromatic carbocycles. The van der Waals surface area contributed by atoms with Gasteiger partial charge in [0.15, 0.2) is 0 Å². The number of thiocarbonyl (C=S) groups is 1. The molecule has 0 aliphatic rings. The summed E-state index contributed by atoms with van der Waals surface area (Å²) in [7, 11) is 0. The van der Waals surface area contributed by atoms with Crippen molar-refractivity contribution >= 4 is 44.8 Å². The van der Waals surface area contributed by atoms with Gasteiger partial charge in [-0.3, -0.25) is 0 Å². The number of anilines is 2. The lowest BCUT2D eigenvalue weighted by Gasteiger charge is -2.07. The van der Waals surface area contributed by atoms with Crippen LogP contribution in [0, 0.1) is 5.82 Å². The highest BCUT2D eigenvalue weighted by Gasteiger charge is 2.05. The number of rotatable bonds is 3. The maximum absolute atomic E-state index is 12.9. The SMILES string of the molecule is NC(=S)c1ccnc(Nc2ccc(F)cc2Br)n1. The monoisotopic (exact) mass is 326 g/mol. The predicted molar refractivity (Wildman–Crippen MR) is 75.3 cm³/mol. The van der Waals surface area contributed by atoms with Gasteiger partial charge in [0.05, 0.1) is 5.69 Å². The molecule has 1 aromatic heterocycles. The van der Waals surface area contributed by atoms with Gasteiger partial charge < -0.3 is 11.1 Å². The molecule has 0 atom stereocenters. The molecule has 92 valence electrons. The van der Waals surface area contributed by atoms with Crippen molar-refractivity contribution in [3.63, 3.8) is 0 Å². The van der Waals surface area contributed by atoms with E-state index in [1.54, 1.807) is 18.3 Å². The van der Waals surface area contributed by atoms with Crippen LogP contribution >= 0.6 is 28.1 Å². The van der Waals surface area contributed by atoms with Crippen LogP contribution in [0.1, 0.15) is 5.69 Å². The Kier molecular flexibility index (Phi) is 3.83. The second-order valence-corrected chi connectivity index (χ2v) is 4.67. The third-order valence-corrected chi connectivity index (χ3v) is 2.95. The number of hydrogen-bond donors (Lipinski definition) is 2. The number of aromatic nitrogens is 2. The maximum atomic E-state index is 12.9. The summed E-state index contributed by atoms with van der Waals surface area (Å²) in [6.45, 7) is 0. The highest BCUT2D eigenvalue weighted by atomic mass is 79.9. The normalized spacial score (nSPS) is 10.1. The van der Waals surface area contributed by atoms with E-state index in [0.717, 1.165) is 0 Å². The lowest BCUT2D eigenvalue weighted by Crippen LogP contribution is -2.12. The first-order chi connectivity index (χ1) is 8.56. The Morgan fingerprint density at radius 3 is 2.83 bits per heavy atom. The third-order valence-electron chi connectivity index (χ3n) is 2.09. The lowest BCUT2D eigenvalue weighted by atomic mass is 10.3. The molecule has 0 aliphatic heterocycles. The Morgan fingerprint density at radius 2 is 2.17 bits per heavy atom. The molecule has 3 N–H and O–H groups in total. The van der Waals surface area contributed by atoms with Gasteiger partial charge in [-0.1, -0.05) is 12.2 Å². The number of nitrogens with one attached hydrogen (secondary N) is 1. The van der Waals surface area contributed by atoms with Gasteiger partial charge in [0, 0.05) is 10.7 Å². The van der Waals surface area contributed by atoms with E-state index >= 15 is 0 Å². The van der Waals surface area contributed by atoms with E-state index in [1.165, 1.54) is 12.1 Å². The zero-order valence-electron chi connectivity index (χ0n) is 9.02. The van der Waals surface area contributed by atoms with Crippen molar-refractivity contribution in [2.24, 2.45) is 5.73 Å². The minimum atomic E-state index is -0.328. The molecular formula is C11H8BrFN4S. The summed E-state index contributed by atoms with van der Waals surface area (Å²) in [6.07, 6.45) is 1.54. The zero-order valence-corrected chi connectivity index (χ0v) is 11.4. The van der Waals surface area contributed by atoms with E-state index in [9.17, 15) is 4.39 Å². The van der Waals surface area contributed by atoms with Crippen LogP contribution < -0.4 is 11.1 Å². The molecule has 0 aliphatic carbocycles. The first-order valence-electron chi connectivity index (χ1n) is 4.91. The minimum Gasteiger partial charge on any atom is -0.388 e. The van der Waals surface area contributed by atoms with E-state index in [-0.39, 0.29) is 10.8 Å².